The third kappa shape index (κ3) is 3.25. The van der Waals surface area contributed by atoms with Gasteiger partial charge in [-0.25, -0.2) is 0 Å². The lowest BCUT2D eigenvalue weighted by atomic mass is 10.0. The molecule has 1 heterocycles. The van der Waals surface area contributed by atoms with Crippen molar-refractivity contribution in [1.29, 1.82) is 5.26 Å². The van der Waals surface area contributed by atoms with Crippen LogP contribution in [-0.2, 0) is 0 Å². The third-order valence-electron chi connectivity index (χ3n) is 3.06. The molecule has 1 N–H and O–H groups in total. The first-order chi connectivity index (χ1) is 9.61. The molecule has 3 nitrogen and oxygen atoms in total. The Balaban J connectivity index is 2.19. The van der Waals surface area contributed by atoms with E-state index >= 15 is 0 Å². The summed E-state index contributed by atoms with van der Waals surface area (Å²) >= 11 is 1.64. The molecule has 1 unspecified atom stereocenters. The van der Waals surface area contributed by atoms with E-state index in [9.17, 15) is 4.79 Å². The molecule has 0 radical (unpaired) electrons. The van der Waals surface area contributed by atoms with Gasteiger partial charge in [-0.2, -0.15) is 5.26 Å². The molecule has 0 fully saturated rings. The van der Waals surface area contributed by atoms with E-state index in [2.05, 4.69) is 19.2 Å². The average Bonchev–Trinajstić information content (AvgIpc) is 2.98. The summed E-state index contributed by atoms with van der Waals surface area (Å²) in [6.45, 7) is 4.16. The number of carbonyl (C=O) groups excluding carboxylic acids is 1. The topological polar surface area (TPSA) is 52.9 Å². The zero-order valence-electron chi connectivity index (χ0n) is 11.5. The second-order valence-corrected chi connectivity index (χ2v) is 5.88. The summed E-state index contributed by atoms with van der Waals surface area (Å²) in [5.41, 5.74) is 1.01. The molecule has 2 aromatic rings. The van der Waals surface area contributed by atoms with E-state index in [1.54, 1.807) is 35.6 Å². The number of amides is 1. The molecule has 1 amide bonds. The second kappa shape index (κ2) is 6.36. The molecule has 102 valence electrons. The summed E-state index contributed by atoms with van der Waals surface area (Å²) in [7, 11) is 0. The van der Waals surface area contributed by atoms with Crippen molar-refractivity contribution in [3.8, 4) is 6.07 Å². The maximum absolute atomic E-state index is 12.3. The predicted molar refractivity (Wildman–Crippen MR) is 80.5 cm³/mol. The van der Waals surface area contributed by atoms with E-state index in [-0.39, 0.29) is 11.9 Å². The third-order valence-corrected chi connectivity index (χ3v) is 4.01. The van der Waals surface area contributed by atoms with Crippen LogP contribution in [0, 0.1) is 17.2 Å². The Hall–Kier alpha value is -2.12. The highest BCUT2D eigenvalue weighted by atomic mass is 32.1. The Morgan fingerprint density at radius 2 is 2.10 bits per heavy atom. The quantitative estimate of drug-likeness (QED) is 0.929. The summed E-state index contributed by atoms with van der Waals surface area (Å²) in [5, 5.41) is 13.9. The van der Waals surface area contributed by atoms with Crippen LogP contribution >= 0.6 is 11.3 Å². The van der Waals surface area contributed by atoms with Crippen LogP contribution in [0.4, 0.5) is 0 Å². The number of thiophene rings is 1. The molecule has 0 aliphatic rings. The first-order valence-corrected chi connectivity index (χ1v) is 7.34. The van der Waals surface area contributed by atoms with E-state index in [0.29, 0.717) is 17.0 Å². The Kier molecular flexibility index (Phi) is 4.54. The Bertz CT molecular complexity index is 626. The molecule has 0 aliphatic carbocycles. The summed E-state index contributed by atoms with van der Waals surface area (Å²) < 4.78 is 0. The smallest absolute Gasteiger partial charge is 0.251 e. The highest BCUT2D eigenvalue weighted by Crippen LogP contribution is 2.26. The van der Waals surface area contributed by atoms with Gasteiger partial charge in [0.05, 0.1) is 17.7 Å². The zero-order chi connectivity index (χ0) is 14.5. The molecule has 0 bridgehead atoms. The lowest BCUT2D eigenvalue weighted by Crippen LogP contribution is -2.31. The van der Waals surface area contributed by atoms with Crippen molar-refractivity contribution in [3.63, 3.8) is 0 Å². The van der Waals surface area contributed by atoms with Crippen LogP contribution in [0.2, 0.25) is 0 Å². The van der Waals surface area contributed by atoms with Crippen LogP contribution in [0.5, 0.6) is 0 Å². The molecule has 0 saturated carbocycles. The highest BCUT2D eigenvalue weighted by Gasteiger charge is 2.20. The van der Waals surface area contributed by atoms with Crippen LogP contribution < -0.4 is 5.32 Å². The Labute approximate surface area is 122 Å². The minimum Gasteiger partial charge on any atom is -0.344 e. The van der Waals surface area contributed by atoms with Crippen LogP contribution in [-0.4, -0.2) is 5.91 Å². The fourth-order valence-corrected chi connectivity index (χ4v) is 2.94. The number of nitriles is 1. The first kappa shape index (κ1) is 14.3. The van der Waals surface area contributed by atoms with Crippen molar-refractivity contribution in [3.05, 3.63) is 57.8 Å². The van der Waals surface area contributed by atoms with Gasteiger partial charge in [-0.1, -0.05) is 26.0 Å². The van der Waals surface area contributed by atoms with Gasteiger partial charge in [-0.3, -0.25) is 4.79 Å². The van der Waals surface area contributed by atoms with Gasteiger partial charge in [0, 0.05) is 10.4 Å². The number of hydrogen-bond donors (Lipinski definition) is 1. The first-order valence-electron chi connectivity index (χ1n) is 6.46. The van der Waals surface area contributed by atoms with Gasteiger partial charge in [0.25, 0.3) is 5.91 Å². The van der Waals surface area contributed by atoms with Crippen molar-refractivity contribution in [2.24, 2.45) is 5.92 Å². The molecule has 0 spiro atoms. The van der Waals surface area contributed by atoms with Gasteiger partial charge in [-0.05, 0) is 35.6 Å². The van der Waals surface area contributed by atoms with E-state index in [0.717, 1.165) is 4.88 Å². The molecule has 0 aliphatic heterocycles. The molecule has 4 heteroatoms. The van der Waals surface area contributed by atoms with E-state index in [1.165, 1.54) is 0 Å². The van der Waals surface area contributed by atoms with Crippen LogP contribution in [0.3, 0.4) is 0 Å². The lowest BCUT2D eigenvalue weighted by molar-refractivity contribution is 0.0926. The van der Waals surface area contributed by atoms with E-state index in [1.807, 2.05) is 23.6 Å². The molecule has 1 atom stereocenters. The number of benzene rings is 1. The van der Waals surface area contributed by atoms with Crippen LogP contribution in [0.1, 0.15) is 40.7 Å². The highest BCUT2D eigenvalue weighted by molar-refractivity contribution is 7.10. The maximum Gasteiger partial charge on any atom is 0.251 e. The lowest BCUT2D eigenvalue weighted by Gasteiger charge is -2.21. The molecule has 0 saturated heterocycles. The van der Waals surface area contributed by atoms with Crippen molar-refractivity contribution in [2.75, 3.05) is 0 Å². The number of hydrogen-bond acceptors (Lipinski definition) is 3. The average molecular weight is 284 g/mol. The van der Waals surface area contributed by atoms with Crippen molar-refractivity contribution in [1.82, 2.24) is 5.32 Å². The van der Waals surface area contributed by atoms with Crippen LogP contribution in [0.25, 0.3) is 0 Å². The molecule has 1 aromatic heterocycles. The zero-order valence-corrected chi connectivity index (χ0v) is 12.3. The SMILES string of the molecule is CC(C)C(NC(=O)c1cccc(C#N)c1)c1cccs1. The van der Waals surface area contributed by atoms with Crippen molar-refractivity contribution in [2.45, 2.75) is 19.9 Å². The van der Waals surface area contributed by atoms with Crippen molar-refractivity contribution >= 4 is 17.2 Å². The molecule has 20 heavy (non-hydrogen) atoms. The fourth-order valence-electron chi connectivity index (χ4n) is 1.99. The van der Waals surface area contributed by atoms with Gasteiger partial charge in [0.1, 0.15) is 0 Å². The number of carbonyl (C=O) groups is 1. The fraction of sp³-hybridized carbons (Fsp3) is 0.250. The monoisotopic (exact) mass is 284 g/mol. The molecule has 2 rings (SSSR count). The van der Waals surface area contributed by atoms with Gasteiger partial charge in [0.2, 0.25) is 0 Å². The standard InChI is InChI=1S/C16H16N2OS/c1-11(2)15(14-7-4-8-20-14)18-16(19)13-6-3-5-12(9-13)10-17/h3-9,11,15H,1-2H3,(H,18,19). The normalized spacial score (nSPS) is 11.9. The Morgan fingerprint density at radius 3 is 2.70 bits per heavy atom. The summed E-state index contributed by atoms with van der Waals surface area (Å²) in [5.74, 6) is 0.158. The largest absolute Gasteiger partial charge is 0.344 e. The van der Waals surface area contributed by atoms with E-state index in [4.69, 9.17) is 5.26 Å². The van der Waals surface area contributed by atoms with E-state index < -0.39 is 0 Å². The van der Waals surface area contributed by atoms with Gasteiger partial charge in [0.15, 0.2) is 0 Å². The number of nitrogens with one attached hydrogen (secondary N) is 1. The van der Waals surface area contributed by atoms with Gasteiger partial charge >= 0.3 is 0 Å². The minimum absolute atomic E-state index is 0.00626. The van der Waals surface area contributed by atoms with Gasteiger partial charge in [-0.15, -0.1) is 11.3 Å². The number of nitrogens with zero attached hydrogens (tertiary/aromatic N) is 1. The summed E-state index contributed by atoms with van der Waals surface area (Å²) in [6.07, 6.45) is 0. The molecular formula is C16H16N2OS. The summed E-state index contributed by atoms with van der Waals surface area (Å²) in [4.78, 5) is 13.5. The van der Waals surface area contributed by atoms with Crippen molar-refractivity contribution < 1.29 is 4.79 Å². The summed E-state index contributed by atoms with van der Waals surface area (Å²) in [6, 6.07) is 12.8. The maximum atomic E-state index is 12.3. The minimum atomic E-state index is -0.144. The number of rotatable bonds is 4. The molecular weight excluding hydrogens is 268 g/mol. The Morgan fingerprint density at radius 1 is 1.30 bits per heavy atom. The predicted octanol–water partition coefficient (Wildman–Crippen LogP) is 3.75. The van der Waals surface area contributed by atoms with Gasteiger partial charge < -0.3 is 5.32 Å². The molecule has 1 aromatic carbocycles. The van der Waals surface area contributed by atoms with Crippen LogP contribution in [0.15, 0.2) is 41.8 Å². The second-order valence-electron chi connectivity index (χ2n) is 4.90.